The smallest absolute Gasteiger partial charge is 0.236 e. The predicted molar refractivity (Wildman–Crippen MR) is 80.5 cm³/mol. The minimum atomic E-state index is -3.58. The molecule has 0 fully saturated rings. The van der Waals surface area contributed by atoms with E-state index in [2.05, 4.69) is 4.72 Å². The quantitative estimate of drug-likeness (QED) is 0.892. The first kappa shape index (κ1) is 15.3. The predicted octanol–water partition coefficient (Wildman–Crippen LogP) is 2.95. The number of hydrogen-bond donors (Lipinski definition) is 1. The number of hydrogen-bond acceptors (Lipinski definition) is 3. The van der Waals surface area contributed by atoms with E-state index in [0.29, 0.717) is 11.3 Å². The number of rotatable bonds is 6. The zero-order valence-corrected chi connectivity index (χ0v) is 12.4. The van der Waals surface area contributed by atoms with Crippen molar-refractivity contribution in [2.24, 2.45) is 0 Å². The fourth-order valence-corrected chi connectivity index (χ4v) is 2.56. The highest BCUT2D eigenvalue weighted by Gasteiger charge is 2.11. The van der Waals surface area contributed by atoms with Crippen molar-refractivity contribution in [2.45, 2.75) is 6.92 Å². The first-order chi connectivity index (χ1) is 9.96. The van der Waals surface area contributed by atoms with E-state index in [0.717, 1.165) is 6.07 Å². The highest BCUT2D eigenvalue weighted by molar-refractivity contribution is 7.92. The third-order valence-electron chi connectivity index (χ3n) is 2.81. The van der Waals surface area contributed by atoms with Crippen LogP contribution in [0.4, 0.5) is 10.1 Å². The Labute approximate surface area is 123 Å². The Morgan fingerprint density at radius 3 is 2.52 bits per heavy atom. The van der Waals surface area contributed by atoms with Gasteiger partial charge in [0.15, 0.2) is 0 Å². The van der Waals surface area contributed by atoms with Gasteiger partial charge in [-0.2, -0.15) is 0 Å². The lowest BCUT2D eigenvalue weighted by Gasteiger charge is -2.10. The summed E-state index contributed by atoms with van der Waals surface area (Å²) in [4.78, 5) is 0. The normalized spacial score (nSPS) is 11.1. The summed E-state index contributed by atoms with van der Waals surface area (Å²) in [7, 11) is -3.58. The molecule has 0 aliphatic rings. The lowest BCUT2D eigenvalue weighted by Crippen LogP contribution is -2.21. The lowest BCUT2D eigenvalue weighted by molar-refractivity contribution is 0.341. The van der Waals surface area contributed by atoms with Gasteiger partial charge in [-0.05, 0) is 36.8 Å². The molecule has 0 aromatic heterocycles. The second kappa shape index (κ2) is 6.58. The van der Waals surface area contributed by atoms with Crippen molar-refractivity contribution in [1.29, 1.82) is 0 Å². The second-order valence-corrected chi connectivity index (χ2v) is 6.39. The molecule has 0 atom stereocenters. The number of nitrogens with one attached hydrogen (secondary N) is 1. The van der Waals surface area contributed by atoms with Gasteiger partial charge in [-0.1, -0.05) is 24.3 Å². The van der Waals surface area contributed by atoms with E-state index in [-0.39, 0.29) is 18.0 Å². The van der Waals surface area contributed by atoms with Gasteiger partial charge >= 0.3 is 0 Å². The summed E-state index contributed by atoms with van der Waals surface area (Å²) in [5.41, 5.74) is 0.670. The Morgan fingerprint density at radius 2 is 1.86 bits per heavy atom. The van der Waals surface area contributed by atoms with E-state index in [1.807, 2.05) is 6.07 Å². The van der Waals surface area contributed by atoms with Gasteiger partial charge in [0.2, 0.25) is 10.0 Å². The molecule has 0 saturated heterocycles. The number of para-hydroxylation sites is 1. The van der Waals surface area contributed by atoms with Gasteiger partial charge in [-0.25, -0.2) is 12.8 Å². The fourth-order valence-electron chi connectivity index (χ4n) is 1.67. The monoisotopic (exact) mass is 309 g/mol. The van der Waals surface area contributed by atoms with Crippen molar-refractivity contribution in [1.82, 2.24) is 0 Å². The Bertz CT molecular complexity index is 702. The van der Waals surface area contributed by atoms with Gasteiger partial charge in [0.1, 0.15) is 23.9 Å². The topological polar surface area (TPSA) is 55.4 Å². The molecule has 112 valence electrons. The zero-order chi connectivity index (χ0) is 15.3. The minimum absolute atomic E-state index is 0.0215. The Hall–Kier alpha value is -2.08. The summed E-state index contributed by atoms with van der Waals surface area (Å²) in [6.07, 6.45) is 0. The van der Waals surface area contributed by atoms with Crippen LogP contribution in [0.3, 0.4) is 0 Å². The first-order valence-electron chi connectivity index (χ1n) is 6.41. The highest BCUT2D eigenvalue weighted by Crippen LogP contribution is 2.15. The SMILES string of the molecule is Cc1ccc(NS(=O)(=O)CCOc2ccccc2)cc1F. The molecule has 0 heterocycles. The second-order valence-electron chi connectivity index (χ2n) is 4.55. The molecule has 0 saturated carbocycles. The molecule has 6 heteroatoms. The zero-order valence-electron chi connectivity index (χ0n) is 11.5. The molecular weight excluding hydrogens is 293 g/mol. The van der Waals surface area contributed by atoms with E-state index < -0.39 is 15.8 Å². The maximum atomic E-state index is 13.4. The van der Waals surface area contributed by atoms with Crippen LogP contribution in [0, 0.1) is 12.7 Å². The Kier molecular flexibility index (Phi) is 4.80. The molecule has 4 nitrogen and oxygen atoms in total. The van der Waals surface area contributed by atoms with Crippen LogP contribution >= 0.6 is 0 Å². The number of anilines is 1. The molecule has 21 heavy (non-hydrogen) atoms. The number of sulfonamides is 1. The summed E-state index contributed by atoms with van der Waals surface area (Å²) in [6, 6.07) is 13.1. The van der Waals surface area contributed by atoms with Crippen molar-refractivity contribution < 1.29 is 17.5 Å². The molecule has 0 spiro atoms. The third-order valence-corrected chi connectivity index (χ3v) is 4.06. The summed E-state index contributed by atoms with van der Waals surface area (Å²) < 4.78 is 44.8. The van der Waals surface area contributed by atoms with Gasteiger partial charge in [-0.15, -0.1) is 0 Å². The molecule has 2 rings (SSSR count). The molecular formula is C15H16FNO3S. The number of aryl methyl sites for hydroxylation is 1. The highest BCUT2D eigenvalue weighted by atomic mass is 32.2. The number of ether oxygens (including phenoxy) is 1. The summed E-state index contributed by atoms with van der Waals surface area (Å²) in [5, 5.41) is 0. The summed E-state index contributed by atoms with van der Waals surface area (Å²) in [5.74, 6) is -0.0537. The van der Waals surface area contributed by atoms with E-state index in [9.17, 15) is 12.8 Å². The average molecular weight is 309 g/mol. The van der Waals surface area contributed by atoms with Crippen LogP contribution < -0.4 is 9.46 Å². The number of benzene rings is 2. The van der Waals surface area contributed by atoms with Crippen LogP contribution in [0.1, 0.15) is 5.56 Å². The molecule has 2 aromatic carbocycles. The molecule has 0 bridgehead atoms. The minimum Gasteiger partial charge on any atom is -0.492 e. The van der Waals surface area contributed by atoms with Gasteiger partial charge in [0.25, 0.3) is 0 Å². The van der Waals surface area contributed by atoms with Crippen molar-refractivity contribution in [2.75, 3.05) is 17.1 Å². The van der Waals surface area contributed by atoms with Crippen LogP contribution in [0.15, 0.2) is 48.5 Å². The van der Waals surface area contributed by atoms with E-state index in [1.165, 1.54) is 12.1 Å². The Morgan fingerprint density at radius 1 is 1.14 bits per heavy atom. The van der Waals surface area contributed by atoms with Crippen molar-refractivity contribution in [3.05, 3.63) is 59.9 Å². The summed E-state index contributed by atoms with van der Waals surface area (Å²) >= 11 is 0. The molecule has 0 radical (unpaired) electrons. The molecule has 0 unspecified atom stereocenters. The molecule has 1 N–H and O–H groups in total. The third kappa shape index (κ3) is 4.75. The Balaban J connectivity index is 1.91. The van der Waals surface area contributed by atoms with Gasteiger partial charge in [0.05, 0.1) is 5.69 Å². The van der Waals surface area contributed by atoms with Gasteiger partial charge < -0.3 is 4.74 Å². The lowest BCUT2D eigenvalue weighted by atomic mass is 10.2. The maximum absolute atomic E-state index is 13.4. The van der Waals surface area contributed by atoms with Crippen molar-refractivity contribution in [3.63, 3.8) is 0 Å². The largest absolute Gasteiger partial charge is 0.492 e. The molecule has 0 aliphatic carbocycles. The first-order valence-corrected chi connectivity index (χ1v) is 8.06. The van der Waals surface area contributed by atoms with Gasteiger partial charge in [-0.3, -0.25) is 4.72 Å². The van der Waals surface area contributed by atoms with Crippen LogP contribution in [-0.2, 0) is 10.0 Å². The standard InChI is InChI=1S/C15H16FNO3S/c1-12-7-8-13(11-15(12)16)17-21(18,19)10-9-20-14-5-3-2-4-6-14/h2-8,11,17H,9-10H2,1H3. The van der Waals surface area contributed by atoms with Crippen LogP contribution in [-0.4, -0.2) is 20.8 Å². The van der Waals surface area contributed by atoms with Gasteiger partial charge in [0, 0.05) is 0 Å². The average Bonchev–Trinajstić information content (AvgIpc) is 2.43. The van der Waals surface area contributed by atoms with Crippen LogP contribution in [0.2, 0.25) is 0 Å². The maximum Gasteiger partial charge on any atom is 0.236 e. The van der Waals surface area contributed by atoms with Crippen molar-refractivity contribution >= 4 is 15.7 Å². The molecule has 0 aliphatic heterocycles. The molecule has 2 aromatic rings. The summed E-state index contributed by atoms with van der Waals surface area (Å²) in [6.45, 7) is 1.63. The molecule has 0 amide bonds. The number of halogens is 1. The van der Waals surface area contributed by atoms with Crippen LogP contribution in [0.25, 0.3) is 0 Å². The fraction of sp³-hybridized carbons (Fsp3) is 0.200. The van der Waals surface area contributed by atoms with E-state index in [1.54, 1.807) is 31.2 Å². The van der Waals surface area contributed by atoms with Crippen molar-refractivity contribution in [3.8, 4) is 5.75 Å². The van der Waals surface area contributed by atoms with E-state index in [4.69, 9.17) is 4.74 Å². The van der Waals surface area contributed by atoms with E-state index >= 15 is 0 Å². The van der Waals surface area contributed by atoms with Crippen LogP contribution in [0.5, 0.6) is 5.75 Å².